The summed E-state index contributed by atoms with van der Waals surface area (Å²) in [5, 5.41) is 9.48. The van der Waals surface area contributed by atoms with Gasteiger partial charge in [0.2, 0.25) is 5.91 Å². The Labute approximate surface area is 120 Å². The second-order valence-electron chi connectivity index (χ2n) is 5.30. The molecule has 0 saturated heterocycles. The molecule has 104 valence electrons. The quantitative estimate of drug-likeness (QED) is 0.740. The Morgan fingerprint density at radius 1 is 1.21 bits per heavy atom. The predicted molar refractivity (Wildman–Crippen MR) is 83.2 cm³/mol. The van der Waals surface area contributed by atoms with Crippen LogP contribution in [0.5, 0.6) is 0 Å². The van der Waals surface area contributed by atoms with Crippen LogP contribution in [0.15, 0.2) is 30.3 Å². The molecular weight excluding hydrogens is 258 g/mol. The Hall–Kier alpha value is -1.62. The molecule has 5 heteroatoms. The van der Waals surface area contributed by atoms with Crippen LogP contribution in [0, 0.1) is 0 Å². The number of benzene rings is 1. The van der Waals surface area contributed by atoms with Gasteiger partial charge in [0.1, 0.15) is 0 Å². The smallest absolute Gasteiger partial charge is 0.222 e. The maximum absolute atomic E-state index is 11.6. The molecule has 0 spiro atoms. The van der Waals surface area contributed by atoms with Gasteiger partial charge in [0.05, 0.1) is 0 Å². The number of nitrogens with one attached hydrogen (secondary N) is 3. The minimum Gasteiger partial charge on any atom is -0.362 e. The van der Waals surface area contributed by atoms with E-state index in [-0.39, 0.29) is 11.4 Å². The average Bonchev–Trinajstić information content (AvgIpc) is 2.27. The van der Waals surface area contributed by atoms with Gasteiger partial charge in [0, 0.05) is 24.2 Å². The number of thiocarbonyl (C=S) groups is 1. The summed E-state index contributed by atoms with van der Waals surface area (Å²) in [5.74, 6) is 0.0162. The van der Waals surface area contributed by atoms with Crippen LogP contribution in [-0.2, 0) is 4.79 Å². The summed E-state index contributed by atoms with van der Waals surface area (Å²) >= 11 is 5.14. The first-order valence-electron chi connectivity index (χ1n) is 6.28. The van der Waals surface area contributed by atoms with Gasteiger partial charge >= 0.3 is 0 Å². The van der Waals surface area contributed by atoms with E-state index in [0.29, 0.717) is 18.1 Å². The molecule has 4 nitrogen and oxygen atoms in total. The fourth-order valence-corrected chi connectivity index (χ4v) is 1.69. The van der Waals surface area contributed by atoms with Gasteiger partial charge in [-0.3, -0.25) is 4.79 Å². The summed E-state index contributed by atoms with van der Waals surface area (Å²) in [5.41, 5.74) is 0.735. The van der Waals surface area contributed by atoms with Crippen molar-refractivity contribution in [1.29, 1.82) is 0 Å². The number of para-hydroxylation sites is 1. The van der Waals surface area contributed by atoms with Crippen LogP contribution in [0.25, 0.3) is 0 Å². The first-order valence-corrected chi connectivity index (χ1v) is 6.68. The second-order valence-corrected chi connectivity index (χ2v) is 5.70. The van der Waals surface area contributed by atoms with Crippen LogP contribution in [-0.4, -0.2) is 23.1 Å². The maximum Gasteiger partial charge on any atom is 0.222 e. The standard InChI is InChI=1S/C14H21N3OS/c1-14(2,3)17-12(18)9-10-15-13(19)16-11-7-5-4-6-8-11/h4-8H,9-10H2,1-3H3,(H,17,18)(H2,15,16,19). The Bertz CT molecular complexity index is 426. The molecule has 0 aliphatic carbocycles. The lowest BCUT2D eigenvalue weighted by Gasteiger charge is -2.20. The zero-order valence-corrected chi connectivity index (χ0v) is 12.4. The zero-order valence-electron chi connectivity index (χ0n) is 11.6. The van der Waals surface area contributed by atoms with E-state index < -0.39 is 0 Å². The molecule has 0 bridgehead atoms. The molecule has 0 heterocycles. The minimum atomic E-state index is -0.195. The molecular formula is C14H21N3OS. The van der Waals surface area contributed by atoms with Gasteiger partial charge in [0.25, 0.3) is 0 Å². The summed E-state index contributed by atoms with van der Waals surface area (Å²) in [6, 6.07) is 9.67. The monoisotopic (exact) mass is 279 g/mol. The number of carbonyl (C=O) groups excluding carboxylic acids is 1. The van der Waals surface area contributed by atoms with Gasteiger partial charge in [-0.1, -0.05) is 18.2 Å². The van der Waals surface area contributed by atoms with Gasteiger partial charge in [-0.15, -0.1) is 0 Å². The first-order chi connectivity index (χ1) is 8.87. The van der Waals surface area contributed by atoms with E-state index in [2.05, 4.69) is 16.0 Å². The largest absolute Gasteiger partial charge is 0.362 e. The van der Waals surface area contributed by atoms with Crippen molar-refractivity contribution in [3.8, 4) is 0 Å². The van der Waals surface area contributed by atoms with Crippen molar-refractivity contribution in [3.63, 3.8) is 0 Å². The van der Waals surface area contributed by atoms with Crippen molar-refractivity contribution in [2.45, 2.75) is 32.7 Å². The number of rotatable bonds is 4. The zero-order chi connectivity index (χ0) is 14.3. The SMILES string of the molecule is CC(C)(C)NC(=O)CCNC(=S)Nc1ccccc1. The first kappa shape index (κ1) is 15.4. The van der Waals surface area contributed by atoms with Crippen LogP contribution < -0.4 is 16.0 Å². The molecule has 0 unspecified atom stereocenters. The third-order valence-corrected chi connectivity index (χ3v) is 2.43. The lowest BCUT2D eigenvalue weighted by atomic mass is 10.1. The Morgan fingerprint density at radius 2 is 1.84 bits per heavy atom. The van der Waals surface area contributed by atoms with Crippen molar-refractivity contribution >= 4 is 28.9 Å². The van der Waals surface area contributed by atoms with Crippen molar-refractivity contribution in [1.82, 2.24) is 10.6 Å². The third kappa shape index (κ3) is 7.41. The number of carbonyl (C=O) groups is 1. The van der Waals surface area contributed by atoms with E-state index >= 15 is 0 Å². The van der Waals surface area contributed by atoms with Crippen molar-refractivity contribution < 1.29 is 4.79 Å². The van der Waals surface area contributed by atoms with Crippen LogP contribution in [0.1, 0.15) is 27.2 Å². The lowest BCUT2D eigenvalue weighted by molar-refractivity contribution is -0.122. The van der Waals surface area contributed by atoms with Crippen LogP contribution >= 0.6 is 12.2 Å². The molecule has 1 rings (SSSR count). The van der Waals surface area contributed by atoms with Gasteiger partial charge < -0.3 is 16.0 Å². The summed E-state index contributed by atoms with van der Waals surface area (Å²) in [6.45, 7) is 6.39. The number of hydrogen-bond acceptors (Lipinski definition) is 2. The summed E-state index contributed by atoms with van der Waals surface area (Å²) in [6.07, 6.45) is 0.397. The Balaban J connectivity index is 2.23. The number of amides is 1. The lowest BCUT2D eigenvalue weighted by Crippen LogP contribution is -2.42. The van der Waals surface area contributed by atoms with E-state index in [1.807, 2.05) is 51.1 Å². The predicted octanol–water partition coefficient (Wildman–Crippen LogP) is 2.28. The Kier molecular flexibility index (Phi) is 5.76. The highest BCUT2D eigenvalue weighted by Crippen LogP contribution is 2.04. The fourth-order valence-electron chi connectivity index (χ4n) is 1.47. The van der Waals surface area contributed by atoms with E-state index in [1.165, 1.54) is 0 Å². The maximum atomic E-state index is 11.6. The molecule has 0 fully saturated rings. The van der Waals surface area contributed by atoms with E-state index in [1.54, 1.807) is 0 Å². The molecule has 1 aromatic carbocycles. The number of hydrogen-bond donors (Lipinski definition) is 3. The molecule has 1 aromatic rings. The molecule has 3 N–H and O–H groups in total. The molecule has 1 amide bonds. The van der Waals surface area contributed by atoms with Crippen molar-refractivity contribution in [2.75, 3.05) is 11.9 Å². The number of anilines is 1. The van der Waals surface area contributed by atoms with Gasteiger partial charge in [0.15, 0.2) is 5.11 Å². The Morgan fingerprint density at radius 3 is 2.42 bits per heavy atom. The van der Waals surface area contributed by atoms with E-state index in [0.717, 1.165) is 5.69 Å². The third-order valence-electron chi connectivity index (χ3n) is 2.18. The minimum absolute atomic E-state index is 0.0162. The topological polar surface area (TPSA) is 53.2 Å². The van der Waals surface area contributed by atoms with Gasteiger partial charge in [-0.25, -0.2) is 0 Å². The van der Waals surface area contributed by atoms with Gasteiger partial charge in [-0.05, 0) is 45.1 Å². The van der Waals surface area contributed by atoms with E-state index in [4.69, 9.17) is 12.2 Å². The van der Waals surface area contributed by atoms with Crippen molar-refractivity contribution in [3.05, 3.63) is 30.3 Å². The van der Waals surface area contributed by atoms with Crippen molar-refractivity contribution in [2.24, 2.45) is 0 Å². The molecule has 0 atom stereocenters. The molecule has 0 radical (unpaired) electrons. The normalized spacial score (nSPS) is 10.7. The van der Waals surface area contributed by atoms with Crippen LogP contribution in [0.4, 0.5) is 5.69 Å². The molecule has 19 heavy (non-hydrogen) atoms. The average molecular weight is 279 g/mol. The molecule has 0 aliphatic rings. The highest BCUT2D eigenvalue weighted by Gasteiger charge is 2.12. The highest BCUT2D eigenvalue weighted by molar-refractivity contribution is 7.80. The molecule has 0 aromatic heterocycles. The van der Waals surface area contributed by atoms with E-state index in [9.17, 15) is 4.79 Å². The van der Waals surface area contributed by atoms with Gasteiger partial charge in [-0.2, -0.15) is 0 Å². The van der Waals surface area contributed by atoms with Crippen LogP contribution in [0.3, 0.4) is 0 Å². The highest BCUT2D eigenvalue weighted by atomic mass is 32.1. The second kappa shape index (κ2) is 7.09. The summed E-state index contributed by atoms with van der Waals surface area (Å²) in [4.78, 5) is 11.6. The van der Waals surface area contributed by atoms with Crippen LogP contribution in [0.2, 0.25) is 0 Å². The summed E-state index contributed by atoms with van der Waals surface area (Å²) < 4.78 is 0. The fraction of sp³-hybridized carbons (Fsp3) is 0.429. The summed E-state index contributed by atoms with van der Waals surface area (Å²) in [7, 11) is 0. The molecule has 0 saturated carbocycles. The molecule has 0 aliphatic heterocycles.